The van der Waals surface area contributed by atoms with Gasteiger partial charge >= 0.3 is 0 Å². The Morgan fingerprint density at radius 3 is 2.83 bits per heavy atom. The summed E-state index contributed by atoms with van der Waals surface area (Å²) in [6, 6.07) is 7.76. The van der Waals surface area contributed by atoms with Crippen LogP contribution >= 0.6 is 11.8 Å². The smallest absolute Gasteiger partial charge is 0.225 e. The number of aryl methyl sites for hydroxylation is 1. The van der Waals surface area contributed by atoms with Gasteiger partial charge in [-0.25, -0.2) is 0 Å². The standard InChI is InChI=1S/C14H21NO2S/c1-11(9-16)10-18-8-7-14(17)15-13-6-4-3-5-12(13)2/h3-6,11,16H,7-10H2,1-2H3,(H,15,17)/t11-/m1/s1. The fraction of sp³-hybridized carbons (Fsp3) is 0.500. The van der Waals surface area contributed by atoms with Crippen molar-refractivity contribution in [3.63, 3.8) is 0 Å². The summed E-state index contributed by atoms with van der Waals surface area (Å²) in [5, 5.41) is 11.8. The van der Waals surface area contributed by atoms with Crippen LogP contribution in [-0.2, 0) is 4.79 Å². The number of thioether (sulfide) groups is 1. The molecule has 0 fully saturated rings. The minimum absolute atomic E-state index is 0.0495. The largest absolute Gasteiger partial charge is 0.396 e. The van der Waals surface area contributed by atoms with Crippen molar-refractivity contribution in [2.75, 3.05) is 23.4 Å². The Morgan fingerprint density at radius 1 is 1.44 bits per heavy atom. The normalized spacial score (nSPS) is 12.2. The number of aliphatic hydroxyl groups excluding tert-OH is 1. The molecule has 0 spiro atoms. The molecule has 2 N–H and O–H groups in total. The van der Waals surface area contributed by atoms with Crippen molar-refractivity contribution in [2.24, 2.45) is 5.92 Å². The van der Waals surface area contributed by atoms with Crippen molar-refractivity contribution >= 4 is 23.4 Å². The molecule has 0 aromatic heterocycles. The molecule has 0 unspecified atom stereocenters. The topological polar surface area (TPSA) is 49.3 Å². The van der Waals surface area contributed by atoms with Crippen molar-refractivity contribution in [3.05, 3.63) is 29.8 Å². The van der Waals surface area contributed by atoms with Crippen molar-refractivity contribution in [3.8, 4) is 0 Å². The van der Waals surface area contributed by atoms with E-state index in [0.717, 1.165) is 22.8 Å². The fourth-order valence-corrected chi connectivity index (χ4v) is 2.43. The number of benzene rings is 1. The monoisotopic (exact) mass is 267 g/mol. The van der Waals surface area contributed by atoms with E-state index < -0.39 is 0 Å². The number of hydrogen-bond acceptors (Lipinski definition) is 3. The number of anilines is 1. The molecule has 1 amide bonds. The van der Waals surface area contributed by atoms with Crippen molar-refractivity contribution in [2.45, 2.75) is 20.3 Å². The van der Waals surface area contributed by atoms with Gasteiger partial charge in [-0.2, -0.15) is 11.8 Å². The summed E-state index contributed by atoms with van der Waals surface area (Å²) in [6.07, 6.45) is 0.511. The van der Waals surface area contributed by atoms with Gasteiger partial charge in [0.15, 0.2) is 0 Å². The number of aliphatic hydroxyl groups is 1. The number of amides is 1. The molecule has 1 aromatic rings. The molecule has 0 saturated heterocycles. The highest BCUT2D eigenvalue weighted by atomic mass is 32.2. The molecule has 0 bridgehead atoms. The summed E-state index contributed by atoms with van der Waals surface area (Å²) in [5.41, 5.74) is 1.96. The van der Waals surface area contributed by atoms with Crippen LogP contribution in [-0.4, -0.2) is 29.1 Å². The highest BCUT2D eigenvalue weighted by molar-refractivity contribution is 7.99. The van der Waals surface area contributed by atoms with Crippen LogP contribution in [0.3, 0.4) is 0 Å². The number of rotatable bonds is 7. The van der Waals surface area contributed by atoms with Crippen LogP contribution in [0, 0.1) is 12.8 Å². The Bertz CT molecular complexity index is 382. The highest BCUT2D eigenvalue weighted by Crippen LogP contribution is 2.14. The zero-order valence-electron chi connectivity index (χ0n) is 11.0. The lowest BCUT2D eigenvalue weighted by Gasteiger charge is -2.09. The van der Waals surface area contributed by atoms with E-state index >= 15 is 0 Å². The van der Waals surface area contributed by atoms with E-state index in [-0.39, 0.29) is 12.5 Å². The van der Waals surface area contributed by atoms with E-state index in [2.05, 4.69) is 5.32 Å². The van der Waals surface area contributed by atoms with Gasteiger partial charge in [0.25, 0.3) is 0 Å². The van der Waals surface area contributed by atoms with Gasteiger partial charge in [0.2, 0.25) is 5.91 Å². The molecule has 0 aliphatic carbocycles. The lowest BCUT2D eigenvalue weighted by molar-refractivity contribution is -0.115. The Hall–Kier alpha value is -1.000. The van der Waals surface area contributed by atoms with E-state index in [9.17, 15) is 4.79 Å². The Kier molecular flexibility index (Phi) is 6.83. The molecule has 100 valence electrons. The lowest BCUT2D eigenvalue weighted by atomic mass is 10.2. The molecule has 1 rings (SSSR count). The minimum Gasteiger partial charge on any atom is -0.396 e. The maximum atomic E-state index is 11.7. The van der Waals surface area contributed by atoms with E-state index in [4.69, 9.17) is 5.11 Å². The summed E-state index contributed by atoms with van der Waals surface area (Å²) in [5.74, 6) is 2.04. The fourth-order valence-electron chi connectivity index (χ4n) is 1.43. The Morgan fingerprint density at radius 2 is 2.17 bits per heavy atom. The molecule has 18 heavy (non-hydrogen) atoms. The molecule has 4 heteroatoms. The SMILES string of the molecule is Cc1ccccc1NC(=O)CCSC[C@H](C)CO. The summed E-state index contributed by atoms with van der Waals surface area (Å²) in [4.78, 5) is 11.7. The molecule has 3 nitrogen and oxygen atoms in total. The number of carbonyl (C=O) groups excluding carboxylic acids is 1. The third-order valence-corrected chi connectivity index (χ3v) is 3.90. The first-order valence-electron chi connectivity index (χ1n) is 6.17. The molecular weight excluding hydrogens is 246 g/mol. The van der Waals surface area contributed by atoms with Crippen LogP contribution in [0.25, 0.3) is 0 Å². The van der Waals surface area contributed by atoms with Gasteiger partial charge in [-0.05, 0) is 30.2 Å². The van der Waals surface area contributed by atoms with Crippen LogP contribution in [0.15, 0.2) is 24.3 Å². The molecule has 0 heterocycles. The first-order valence-corrected chi connectivity index (χ1v) is 7.33. The molecule has 0 saturated carbocycles. The average molecular weight is 267 g/mol. The molecule has 0 aliphatic heterocycles. The molecular formula is C14H21NO2S. The van der Waals surface area contributed by atoms with Gasteiger partial charge in [0.05, 0.1) is 0 Å². The van der Waals surface area contributed by atoms with Crippen molar-refractivity contribution < 1.29 is 9.90 Å². The third kappa shape index (κ3) is 5.56. The zero-order chi connectivity index (χ0) is 13.4. The van der Waals surface area contributed by atoms with Gasteiger partial charge in [-0.15, -0.1) is 0 Å². The van der Waals surface area contributed by atoms with Gasteiger partial charge in [-0.1, -0.05) is 25.1 Å². The van der Waals surface area contributed by atoms with Crippen molar-refractivity contribution in [1.29, 1.82) is 0 Å². The van der Waals surface area contributed by atoms with Crippen molar-refractivity contribution in [1.82, 2.24) is 0 Å². The lowest BCUT2D eigenvalue weighted by Crippen LogP contribution is -2.13. The van der Waals surface area contributed by atoms with E-state index in [1.54, 1.807) is 11.8 Å². The number of carbonyl (C=O) groups is 1. The maximum absolute atomic E-state index is 11.7. The minimum atomic E-state index is 0.0495. The summed E-state index contributed by atoms with van der Waals surface area (Å²) >= 11 is 1.71. The molecule has 0 aliphatic rings. The Labute approximate surface area is 113 Å². The second-order valence-corrected chi connectivity index (χ2v) is 5.63. The van der Waals surface area contributed by atoms with E-state index in [0.29, 0.717) is 12.3 Å². The highest BCUT2D eigenvalue weighted by Gasteiger charge is 2.05. The van der Waals surface area contributed by atoms with Crippen LogP contribution < -0.4 is 5.32 Å². The van der Waals surface area contributed by atoms with Crippen LogP contribution in [0.4, 0.5) is 5.69 Å². The first-order chi connectivity index (χ1) is 8.63. The van der Waals surface area contributed by atoms with Gasteiger partial charge < -0.3 is 10.4 Å². The summed E-state index contributed by atoms with van der Waals surface area (Å²) in [6.45, 7) is 4.19. The molecule has 1 aromatic carbocycles. The zero-order valence-corrected chi connectivity index (χ0v) is 11.8. The van der Waals surface area contributed by atoms with Crippen LogP contribution in [0.2, 0.25) is 0 Å². The quantitative estimate of drug-likeness (QED) is 0.747. The molecule has 0 radical (unpaired) electrons. The predicted octanol–water partition coefficient (Wildman–Crippen LogP) is 2.69. The van der Waals surface area contributed by atoms with Gasteiger partial charge in [-0.3, -0.25) is 4.79 Å². The van der Waals surface area contributed by atoms with E-state index in [1.165, 1.54) is 0 Å². The summed E-state index contributed by atoms with van der Waals surface area (Å²) < 4.78 is 0. The third-order valence-electron chi connectivity index (χ3n) is 2.61. The maximum Gasteiger partial charge on any atom is 0.225 e. The number of para-hydroxylation sites is 1. The predicted molar refractivity (Wildman–Crippen MR) is 78.0 cm³/mol. The number of nitrogens with one attached hydrogen (secondary N) is 1. The summed E-state index contributed by atoms with van der Waals surface area (Å²) in [7, 11) is 0. The molecule has 1 atom stereocenters. The van der Waals surface area contributed by atoms with Gasteiger partial charge in [0, 0.05) is 24.5 Å². The van der Waals surface area contributed by atoms with Gasteiger partial charge in [0.1, 0.15) is 0 Å². The van der Waals surface area contributed by atoms with Crippen LogP contribution in [0.5, 0.6) is 0 Å². The second-order valence-electron chi connectivity index (χ2n) is 4.48. The first kappa shape index (κ1) is 15.1. The number of hydrogen-bond donors (Lipinski definition) is 2. The second kappa shape index (κ2) is 8.16. The Balaban J connectivity index is 2.24. The van der Waals surface area contributed by atoms with Crippen LogP contribution in [0.1, 0.15) is 18.9 Å². The van der Waals surface area contributed by atoms with E-state index in [1.807, 2.05) is 38.1 Å². The average Bonchev–Trinajstić information content (AvgIpc) is 2.37.